The van der Waals surface area contributed by atoms with E-state index in [1.165, 1.54) is 0 Å². The topological polar surface area (TPSA) is 45.2 Å². The minimum atomic E-state index is 0.0595. The first kappa shape index (κ1) is 13.0. The molecule has 1 aliphatic heterocycles. The zero-order valence-corrected chi connectivity index (χ0v) is 11.1. The molecule has 1 unspecified atom stereocenters. The molecule has 1 fully saturated rings. The van der Waals surface area contributed by atoms with Gasteiger partial charge in [0.15, 0.2) is 0 Å². The molecule has 1 N–H and O–H groups in total. The zero-order valence-electron chi connectivity index (χ0n) is 11.1. The number of aryl methyl sites for hydroxylation is 1. The summed E-state index contributed by atoms with van der Waals surface area (Å²) in [5.74, 6) is 0.0595. The van der Waals surface area contributed by atoms with Crippen LogP contribution >= 0.6 is 0 Å². The third-order valence-corrected chi connectivity index (χ3v) is 3.53. The Hall–Kier alpha value is -1.42. The Labute approximate surface area is 108 Å². The standard InChI is InChI=1S/C14H21N3O/c1-3-17(12-7-5-8-15-10-12)14(18)13-11(2)6-4-9-16-13/h4,6,9,12,15H,3,5,7-8,10H2,1-2H3. The van der Waals surface area contributed by atoms with Crippen LogP contribution in [-0.2, 0) is 0 Å². The van der Waals surface area contributed by atoms with Gasteiger partial charge in [-0.25, -0.2) is 0 Å². The van der Waals surface area contributed by atoms with Crippen molar-refractivity contribution < 1.29 is 4.79 Å². The molecule has 18 heavy (non-hydrogen) atoms. The number of aromatic nitrogens is 1. The third kappa shape index (κ3) is 2.70. The average molecular weight is 247 g/mol. The summed E-state index contributed by atoms with van der Waals surface area (Å²) in [6, 6.07) is 4.11. The minimum absolute atomic E-state index is 0.0595. The van der Waals surface area contributed by atoms with Crippen molar-refractivity contribution >= 4 is 5.91 Å². The highest BCUT2D eigenvalue weighted by Crippen LogP contribution is 2.15. The molecule has 1 aliphatic rings. The Morgan fingerprint density at radius 1 is 1.61 bits per heavy atom. The van der Waals surface area contributed by atoms with Crippen LogP contribution in [0.4, 0.5) is 0 Å². The van der Waals surface area contributed by atoms with E-state index in [4.69, 9.17) is 0 Å². The Kier molecular flexibility index (Phi) is 4.31. The molecule has 0 bridgehead atoms. The second-order valence-electron chi connectivity index (χ2n) is 4.76. The van der Waals surface area contributed by atoms with Crippen LogP contribution in [0.5, 0.6) is 0 Å². The van der Waals surface area contributed by atoms with Gasteiger partial charge < -0.3 is 10.2 Å². The molecule has 4 heteroatoms. The number of piperidine rings is 1. The van der Waals surface area contributed by atoms with Crippen molar-refractivity contribution in [1.82, 2.24) is 15.2 Å². The Morgan fingerprint density at radius 3 is 3.06 bits per heavy atom. The molecule has 1 amide bonds. The van der Waals surface area contributed by atoms with E-state index in [0.29, 0.717) is 11.7 Å². The van der Waals surface area contributed by atoms with Gasteiger partial charge in [0.2, 0.25) is 0 Å². The molecule has 1 aromatic rings. The van der Waals surface area contributed by atoms with Crippen LogP contribution in [0.3, 0.4) is 0 Å². The quantitative estimate of drug-likeness (QED) is 0.882. The van der Waals surface area contributed by atoms with E-state index < -0.39 is 0 Å². The van der Waals surface area contributed by atoms with E-state index in [1.54, 1.807) is 6.20 Å². The zero-order chi connectivity index (χ0) is 13.0. The van der Waals surface area contributed by atoms with Gasteiger partial charge in [-0.3, -0.25) is 9.78 Å². The number of carbonyl (C=O) groups is 1. The molecule has 0 saturated carbocycles. The van der Waals surface area contributed by atoms with E-state index in [2.05, 4.69) is 10.3 Å². The fourth-order valence-corrected chi connectivity index (χ4v) is 2.51. The van der Waals surface area contributed by atoms with Crippen LogP contribution in [0.2, 0.25) is 0 Å². The molecular formula is C14H21N3O. The van der Waals surface area contributed by atoms with Crippen LogP contribution in [0.25, 0.3) is 0 Å². The van der Waals surface area contributed by atoms with Crippen molar-refractivity contribution in [1.29, 1.82) is 0 Å². The minimum Gasteiger partial charge on any atom is -0.333 e. The van der Waals surface area contributed by atoms with Crippen molar-refractivity contribution in [3.8, 4) is 0 Å². The predicted molar refractivity (Wildman–Crippen MR) is 71.6 cm³/mol. The van der Waals surface area contributed by atoms with E-state index in [0.717, 1.165) is 38.0 Å². The van der Waals surface area contributed by atoms with Crippen LogP contribution in [0, 0.1) is 6.92 Å². The van der Waals surface area contributed by atoms with Crippen molar-refractivity contribution in [3.63, 3.8) is 0 Å². The van der Waals surface area contributed by atoms with Gasteiger partial charge in [-0.15, -0.1) is 0 Å². The number of hydrogen-bond donors (Lipinski definition) is 1. The molecule has 2 heterocycles. The van der Waals surface area contributed by atoms with Crippen molar-refractivity contribution in [3.05, 3.63) is 29.6 Å². The normalized spacial score (nSPS) is 19.6. The highest BCUT2D eigenvalue weighted by Gasteiger charge is 2.26. The maximum Gasteiger partial charge on any atom is 0.273 e. The van der Waals surface area contributed by atoms with Crippen LogP contribution in [0.1, 0.15) is 35.8 Å². The number of carbonyl (C=O) groups excluding carboxylic acids is 1. The molecule has 98 valence electrons. The first-order chi connectivity index (χ1) is 8.74. The molecule has 0 radical (unpaired) electrons. The molecule has 1 aromatic heterocycles. The molecule has 2 rings (SSSR count). The largest absolute Gasteiger partial charge is 0.333 e. The van der Waals surface area contributed by atoms with E-state index in [9.17, 15) is 4.79 Å². The summed E-state index contributed by atoms with van der Waals surface area (Å²) in [5.41, 5.74) is 1.54. The van der Waals surface area contributed by atoms with Gasteiger partial charge in [-0.1, -0.05) is 6.07 Å². The van der Waals surface area contributed by atoms with Gasteiger partial charge in [0, 0.05) is 25.3 Å². The van der Waals surface area contributed by atoms with Crippen LogP contribution in [0.15, 0.2) is 18.3 Å². The van der Waals surface area contributed by atoms with Gasteiger partial charge in [0.25, 0.3) is 5.91 Å². The summed E-state index contributed by atoms with van der Waals surface area (Å²) in [6.07, 6.45) is 3.90. The van der Waals surface area contributed by atoms with Gasteiger partial charge in [0.1, 0.15) is 5.69 Å². The predicted octanol–water partition coefficient (Wildman–Crippen LogP) is 1.60. The molecule has 0 aromatic carbocycles. The summed E-state index contributed by atoms with van der Waals surface area (Å²) in [4.78, 5) is 18.7. The number of likely N-dealkylation sites (N-methyl/N-ethyl adjacent to an activating group) is 1. The lowest BCUT2D eigenvalue weighted by Crippen LogP contribution is -2.48. The SMILES string of the molecule is CCN(C(=O)c1ncccc1C)C1CCCNC1. The monoisotopic (exact) mass is 247 g/mol. The lowest BCUT2D eigenvalue weighted by Gasteiger charge is -2.34. The summed E-state index contributed by atoms with van der Waals surface area (Å²) in [5, 5.41) is 3.36. The Balaban J connectivity index is 2.17. The fourth-order valence-electron chi connectivity index (χ4n) is 2.51. The number of nitrogens with one attached hydrogen (secondary N) is 1. The van der Waals surface area contributed by atoms with Gasteiger partial charge in [-0.2, -0.15) is 0 Å². The van der Waals surface area contributed by atoms with Crippen molar-refractivity contribution in [2.45, 2.75) is 32.7 Å². The first-order valence-electron chi connectivity index (χ1n) is 6.67. The molecule has 4 nitrogen and oxygen atoms in total. The molecule has 1 atom stereocenters. The average Bonchev–Trinajstić information content (AvgIpc) is 2.41. The van der Waals surface area contributed by atoms with Crippen molar-refractivity contribution in [2.75, 3.05) is 19.6 Å². The lowest BCUT2D eigenvalue weighted by molar-refractivity contribution is 0.0655. The first-order valence-corrected chi connectivity index (χ1v) is 6.67. The maximum atomic E-state index is 12.5. The number of nitrogens with zero attached hydrogens (tertiary/aromatic N) is 2. The number of rotatable bonds is 3. The highest BCUT2D eigenvalue weighted by molar-refractivity contribution is 5.93. The van der Waals surface area contributed by atoms with E-state index >= 15 is 0 Å². The fraction of sp³-hybridized carbons (Fsp3) is 0.571. The van der Waals surface area contributed by atoms with Crippen LogP contribution < -0.4 is 5.32 Å². The number of hydrogen-bond acceptors (Lipinski definition) is 3. The Bertz CT molecular complexity index is 413. The van der Waals surface area contributed by atoms with Gasteiger partial charge in [-0.05, 0) is 44.9 Å². The second-order valence-corrected chi connectivity index (χ2v) is 4.76. The summed E-state index contributed by atoms with van der Waals surface area (Å²) in [6.45, 7) is 6.66. The van der Waals surface area contributed by atoms with Crippen LogP contribution in [-0.4, -0.2) is 41.5 Å². The summed E-state index contributed by atoms with van der Waals surface area (Å²) >= 11 is 0. The molecule has 0 aliphatic carbocycles. The Morgan fingerprint density at radius 2 is 2.44 bits per heavy atom. The number of amides is 1. The lowest BCUT2D eigenvalue weighted by atomic mass is 10.0. The van der Waals surface area contributed by atoms with Crippen molar-refractivity contribution in [2.24, 2.45) is 0 Å². The molecule has 1 saturated heterocycles. The van der Waals surface area contributed by atoms with E-state index in [1.807, 2.05) is 30.9 Å². The second kappa shape index (κ2) is 5.96. The summed E-state index contributed by atoms with van der Waals surface area (Å²) < 4.78 is 0. The van der Waals surface area contributed by atoms with Gasteiger partial charge in [0.05, 0.1) is 0 Å². The summed E-state index contributed by atoms with van der Waals surface area (Å²) in [7, 11) is 0. The number of pyridine rings is 1. The third-order valence-electron chi connectivity index (χ3n) is 3.53. The van der Waals surface area contributed by atoms with E-state index in [-0.39, 0.29) is 5.91 Å². The van der Waals surface area contributed by atoms with Gasteiger partial charge >= 0.3 is 0 Å². The molecular weight excluding hydrogens is 226 g/mol. The molecule has 0 spiro atoms. The highest BCUT2D eigenvalue weighted by atomic mass is 16.2. The maximum absolute atomic E-state index is 12.5. The smallest absolute Gasteiger partial charge is 0.273 e.